The van der Waals surface area contributed by atoms with E-state index in [2.05, 4.69) is 34.6 Å². The second-order valence-corrected chi connectivity index (χ2v) is 7.89. The van der Waals surface area contributed by atoms with Gasteiger partial charge in [0.15, 0.2) is 0 Å². The molecule has 1 aromatic carbocycles. The predicted molar refractivity (Wildman–Crippen MR) is 108 cm³/mol. The van der Waals surface area contributed by atoms with Crippen LogP contribution in [0.5, 0.6) is 0 Å². The second-order valence-electron chi connectivity index (χ2n) is 7.89. The topological polar surface area (TPSA) is 60.5 Å². The van der Waals surface area contributed by atoms with Gasteiger partial charge in [0.1, 0.15) is 0 Å². The molecule has 0 saturated carbocycles. The van der Waals surface area contributed by atoms with Gasteiger partial charge in [-0.2, -0.15) is 0 Å². The van der Waals surface area contributed by atoms with Crippen molar-refractivity contribution in [1.29, 1.82) is 0 Å². The van der Waals surface area contributed by atoms with E-state index in [1.165, 1.54) is 5.56 Å². The van der Waals surface area contributed by atoms with Crippen molar-refractivity contribution >= 4 is 5.91 Å². The van der Waals surface area contributed by atoms with Gasteiger partial charge in [-0.3, -0.25) is 9.78 Å². The normalized spacial score (nSPS) is 21.8. The molecule has 2 fully saturated rings. The zero-order chi connectivity index (χ0) is 19.2. The highest BCUT2D eigenvalue weighted by atomic mass is 16.5. The molecule has 5 heteroatoms. The summed E-state index contributed by atoms with van der Waals surface area (Å²) in [5.41, 5.74) is 3.11. The minimum absolute atomic E-state index is 0.134. The van der Waals surface area contributed by atoms with Crippen LogP contribution in [-0.4, -0.2) is 43.4 Å². The van der Waals surface area contributed by atoms with Gasteiger partial charge >= 0.3 is 0 Å². The van der Waals surface area contributed by atoms with Gasteiger partial charge in [-0.15, -0.1) is 0 Å². The number of benzene rings is 1. The Morgan fingerprint density at radius 3 is 2.39 bits per heavy atom. The average molecular weight is 380 g/mol. The van der Waals surface area contributed by atoms with Gasteiger partial charge in [0, 0.05) is 32.2 Å². The maximum absolute atomic E-state index is 13.3. The largest absolute Gasteiger partial charge is 0.381 e. The average Bonchev–Trinajstić information content (AvgIpc) is 2.76. The van der Waals surface area contributed by atoms with E-state index < -0.39 is 5.41 Å². The molecule has 2 saturated heterocycles. The highest BCUT2D eigenvalue weighted by Crippen LogP contribution is 2.35. The summed E-state index contributed by atoms with van der Waals surface area (Å²) >= 11 is 0. The molecule has 0 radical (unpaired) electrons. The number of carbonyl (C=O) groups excluding carboxylic acids is 1. The number of amides is 1. The molecule has 2 aliphatic rings. The summed E-state index contributed by atoms with van der Waals surface area (Å²) < 4.78 is 11.1. The van der Waals surface area contributed by atoms with Gasteiger partial charge in [0.05, 0.1) is 18.1 Å². The summed E-state index contributed by atoms with van der Waals surface area (Å²) in [7, 11) is 0. The molecule has 3 heterocycles. The summed E-state index contributed by atoms with van der Waals surface area (Å²) in [4.78, 5) is 17.3. The van der Waals surface area contributed by atoms with Crippen molar-refractivity contribution < 1.29 is 14.3 Å². The number of nitrogens with one attached hydrogen (secondary N) is 1. The van der Waals surface area contributed by atoms with Crippen molar-refractivity contribution in [2.75, 3.05) is 26.4 Å². The number of rotatable bonds is 5. The molecule has 0 aliphatic carbocycles. The van der Waals surface area contributed by atoms with Crippen molar-refractivity contribution in [3.05, 3.63) is 54.4 Å². The van der Waals surface area contributed by atoms with Crippen molar-refractivity contribution in [1.82, 2.24) is 10.3 Å². The zero-order valence-electron chi connectivity index (χ0n) is 16.2. The van der Waals surface area contributed by atoms with Crippen LogP contribution in [0.4, 0.5) is 0 Å². The smallest absolute Gasteiger partial charge is 0.227 e. The maximum Gasteiger partial charge on any atom is 0.227 e. The molecule has 2 aromatic rings. The fraction of sp³-hybridized carbons (Fsp3) is 0.478. The minimum atomic E-state index is -0.395. The highest BCUT2D eigenvalue weighted by molar-refractivity contribution is 5.83. The van der Waals surface area contributed by atoms with E-state index in [-0.39, 0.29) is 11.9 Å². The molecule has 1 N–H and O–H groups in total. The standard InChI is InChI=1S/C23H28N2O3/c26-22(25-21-2-1-13-28-17-21)23(9-14-27-15-10-23)16-18-3-5-19(6-4-18)20-7-11-24-12-8-20/h3-8,11-12,21H,1-2,9-10,13-17H2,(H,25,26)/t21-/m1/s1. The Kier molecular flexibility index (Phi) is 6.03. The molecule has 2 aliphatic heterocycles. The fourth-order valence-electron chi connectivity index (χ4n) is 4.19. The molecule has 4 rings (SSSR count). The van der Waals surface area contributed by atoms with Crippen molar-refractivity contribution in [3.63, 3.8) is 0 Å². The van der Waals surface area contributed by atoms with Crippen LogP contribution in [0.3, 0.4) is 0 Å². The molecule has 0 unspecified atom stereocenters. The lowest BCUT2D eigenvalue weighted by Crippen LogP contribution is -2.51. The van der Waals surface area contributed by atoms with Crippen LogP contribution in [0.1, 0.15) is 31.2 Å². The molecular weight excluding hydrogens is 352 g/mol. The fourth-order valence-corrected chi connectivity index (χ4v) is 4.19. The van der Waals surface area contributed by atoms with Gasteiger partial charge in [0.25, 0.3) is 0 Å². The third-order valence-electron chi connectivity index (χ3n) is 5.94. The molecule has 0 bridgehead atoms. The SMILES string of the molecule is O=C(N[C@@H]1CCCOC1)C1(Cc2ccc(-c3ccncc3)cc2)CCOCC1. The van der Waals surface area contributed by atoms with E-state index in [1.807, 2.05) is 12.1 Å². The Morgan fingerprint density at radius 1 is 1.00 bits per heavy atom. The molecule has 148 valence electrons. The van der Waals surface area contributed by atoms with Crippen LogP contribution in [0, 0.1) is 5.41 Å². The Hall–Kier alpha value is -2.24. The van der Waals surface area contributed by atoms with Crippen molar-refractivity contribution in [3.8, 4) is 11.1 Å². The molecule has 0 spiro atoms. The molecule has 1 aromatic heterocycles. The molecule has 28 heavy (non-hydrogen) atoms. The van der Waals surface area contributed by atoms with Gasteiger partial charge < -0.3 is 14.8 Å². The number of hydrogen-bond donors (Lipinski definition) is 1. The van der Waals surface area contributed by atoms with Crippen LogP contribution in [-0.2, 0) is 20.7 Å². The number of nitrogens with zero attached hydrogens (tertiary/aromatic N) is 1. The van der Waals surface area contributed by atoms with Crippen LogP contribution in [0.25, 0.3) is 11.1 Å². The lowest BCUT2D eigenvalue weighted by molar-refractivity contribution is -0.138. The molecule has 1 atom stereocenters. The summed E-state index contributed by atoms with van der Waals surface area (Å²) in [6.45, 7) is 2.71. The third kappa shape index (κ3) is 4.42. The number of carbonyl (C=O) groups is 1. The maximum atomic E-state index is 13.3. The summed E-state index contributed by atoms with van der Waals surface area (Å²) in [5, 5.41) is 3.26. The van der Waals surface area contributed by atoms with E-state index in [0.717, 1.165) is 49.8 Å². The quantitative estimate of drug-likeness (QED) is 0.864. The Morgan fingerprint density at radius 2 is 1.71 bits per heavy atom. The summed E-state index contributed by atoms with van der Waals surface area (Å²) in [5.74, 6) is 0.157. The summed E-state index contributed by atoms with van der Waals surface area (Å²) in [6, 6.07) is 12.7. The van der Waals surface area contributed by atoms with E-state index in [1.54, 1.807) is 12.4 Å². The van der Waals surface area contributed by atoms with E-state index in [9.17, 15) is 4.79 Å². The lowest BCUT2D eigenvalue weighted by atomic mass is 9.74. The van der Waals surface area contributed by atoms with Gasteiger partial charge in [0.2, 0.25) is 5.91 Å². The third-order valence-corrected chi connectivity index (χ3v) is 5.94. The number of ether oxygens (including phenoxy) is 2. The van der Waals surface area contributed by atoms with E-state index in [0.29, 0.717) is 19.8 Å². The Bertz CT molecular complexity index is 764. The predicted octanol–water partition coefficient (Wildman–Crippen LogP) is 3.38. The monoisotopic (exact) mass is 380 g/mol. The number of aromatic nitrogens is 1. The molecule has 1 amide bonds. The first-order chi connectivity index (χ1) is 13.8. The van der Waals surface area contributed by atoms with Crippen molar-refractivity contribution in [2.45, 2.75) is 38.1 Å². The van der Waals surface area contributed by atoms with Crippen LogP contribution < -0.4 is 5.32 Å². The van der Waals surface area contributed by atoms with Gasteiger partial charge in [-0.05, 0) is 60.9 Å². The van der Waals surface area contributed by atoms with Crippen LogP contribution >= 0.6 is 0 Å². The zero-order valence-corrected chi connectivity index (χ0v) is 16.2. The van der Waals surface area contributed by atoms with Gasteiger partial charge in [-0.25, -0.2) is 0 Å². The van der Waals surface area contributed by atoms with E-state index >= 15 is 0 Å². The van der Waals surface area contributed by atoms with Crippen molar-refractivity contribution in [2.24, 2.45) is 5.41 Å². The molecule has 5 nitrogen and oxygen atoms in total. The Balaban J connectivity index is 1.49. The van der Waals surface area contributed by atoms with Crippen LogP contribution in [0.15, 0.2) is 48.8 Å². The second kappa shape index (κ2) is 8.84. The van der Waals surface area contributed by atoms with Gasteiger partial charge in [-0.1, -0.05) is 24.3 Å². The molecular formula is C23H28N2O3. The summed E-state index contributed by atoms with van der Waals surface area (Å²) in [6.07, 6.45) is 7.89. The number of pyridine rings is 1. The van der Waals surface area contributed by atoms with E-state index in [4.69, 9.17) is 9.47 Å². The first-order valence-electron chi connectivity index (χ1n) is 10.2. The number of hydrogen-bond acceptors (Lipinski definition) is 4. The first-order valence-corrected chi connectivity index (χ1v) is 10.2. The highest BCUT2D eigenvalue weighted by Gasteiger charge is 2.41. The first kappa shape index (κ1) is 19.1. The minimum Gasteiger partial charge on any atom is -0.381 e. The van der Waals surface area contributed by atoms with Crippen LogP contribution in [0.2, 0.25) is 0 Å². The lowest BCUT2D eigenvalue weighted by Gasteiger charge is -2.37. The Labute approximate surface area is 166 Å².